The summed E-state index contributed by atoms with van der Waals surface area (Å²) < 4.78 is 13.7. The minimum absolute atomic E-state index is 0.122. The highest BCUT2D eigenvalue weighted by molar-refractivity contribution is 5.94. The first-order valence-corrected chi connectivity index (χ1v) is 11.6. The third kappa shape index (κ3) is 5.26. The Morgan fingerprint density at radius 1 is 1.16 bits per heavy atom. The van der Waals surface area contributed by atoms with Gasteiger partial charge in [0.15, 0.2) is 0 Å². The predicted octanol–water partition coefficient (Wildman–Crippen LogP) is 3.34. The Kier molecular flexibility index (Phi) is 7.02. The molecule has 6 nitrogen and oxygen atoms in total. The number of piperidine rings is 1. The summed E-state index contributed by atoms with van der Waals surface area (Å²) in [4.78, 5) is 42.5. The van der Waals surface area contributed by atoms with Gasteiger partial charge in [-0.3, -0.25) is 14.4 Å². The zero-order chi connectivity index (χ0) is 22.5. The molecule has 7 heteroatoms. The molecule has 1 aromatic carbocycles. The second-order valence-corrected chi connectivity index (χ2v) is 8.89. The predicted molar refractivity (Wildman–Crippen MR) is 120 cm³/mol. The van der Waals surface area contributed by atoms with Gasteiger partial charge >= 0.3 is 0 Å². The number of amides is 2. The van der Waals surface area contributed by atoms with Crippen LogP contribution in [0.5, 0.6) is 0 Å². The van der Waals surface area contributed by atoms with Crippen LogP contribution in [0.4, 0.5) is 4.39 Å². The molecule has 1 aromatic heterocycles. The second-order valence-electron chi connectivity index (χ2n) is 8.89. The molecule has 1 atom stereocenters. The lowest BCUT2D eigenvalue weighted by Crippen LogP contribution is -2.42. The molecule has 4 rings (SSSR count). The van der Waals surface area contributed by atoms with Gasteiger partial charge in [0, 0.05) is 37.3 Å². The normalized spacial score (nSPS) is 18.2. The number of nitrogens with one attached hydrogen (secondary N) is 2. The number of aryl methyl sites for hydroxylation is 2. The Balaban J connectivity index is 1.30. The van der Waals surface area contributed by atoms with Crippen molar-refractivity contribution in [2.45, 2.75) is 57.9 Å². The molecule has 170 valence electrons. The van der Waals surface area contributed by atoms with Gasteiger partial charge in [-0.2, -0.15) is 0 Å². The molecule has 2 aromatic rings. The van der Waals surface area contributed by atoms with E-state index < -0.39 is 0 Å². The molecule has 2 heterocycles. The van der Waals surface area contributed by atoms with Crippen LogP contribution in [-0.4, -0.2) is 34.8 Å². The summed E-state index contributed by atoms with van der Waals surface area (Å²) in [5, 5.41) is 2.77. The summed E-state index contributed by atoms with van der Waals surface area (Å²) in [5.74, 6) is -0.453. The zero-order valence-corrected chi connectivity index (χ0v) is 18.3. The molecule has 0 spiro atoms. The first kappa shape index (κ1) is 22.2. The third-order valence-corrected chi connectivity index (χ3v) is 6.59. The molecule has 2 N–H and O–H groups in total. The van der Waals surface area contributed by atoms with Crippen LogP contribution in [0, 0.1) is 11.7 Å². The van der Waals surface area contributed by atoms with Gasteiger partial charge < -0.3 is 15.2 Å². The van der Waals surface area contributed by atoms with Crippen molar-refractivity contribution >= 4 is 11.8 Å². The number of aromatic nitrogens is 1. The van der Waals surface area contributed by atoms with Crippen molar-refractivity contribution in [3.63, 3.8) is 0 Å². The molecule has 1 unspecified atom stereocenters. The van der Waals surface area contributed by atoms with Gasteiger partial charge in [-0.15, -0.1) is 0 Å². The fraction of sp³-hybridized carbons (Fsp3) is 0.480. The number of aromatic amines is 1. The average molecular weight is 440 g/mol. The summed E-state index contributed by atoms with van der Waals surface area (Å²) in [6.45, 7) is 1.35. The monoisotopic (exact) mass is 439 g/mol. The number of pyridine rings is 1. The minimum atomic E-state index is -0.327. The van der Waals surface area contributed by atoms with E-state index >= 15 is 0 Å². The number of hydrogen-bond donors (Lipinski definition) is 2. The molecular weight excluding hydrogens is 409 g/mol. The van der Waals surface area contributed by atoms with Crippen LogP contribution in [0.3, 0.4) is 0 Å². The summed E-state index contributed by atoms with van der Waals surface area (Å²) >= 11 is 0. The molecule has 0 bridgehead atoms. The van der Waals surface area contributed by atoms with E-state index in [1.54, 1.807) is 29.2 Å². The van der Waals surface area contributed by atoms with Gasteiger partial charge in [0.05, 0.1) is 0 Å². The lowest BCUT2D eigenvalue weighted by molar-refractivity contribution is -0.121. The second kappa shape index (κ2) is 10.1. The summed E-state index contributed by atoms with van der Waals surface area (Å²) in [6.07, 6.45) is 6.71. The Morgan fingerprint density at radius 3 is 2.81 bits per heavy atom. The quantitative estimate of drug-likeness (QED) is 0.724. The van der Waals surface area contributed by atoms with E-state index in [0.29, 0.717) is 31.5 Å². The zero-order valence-electron chi connectivity index (χ0n) is 18.3. The molecule has 1 aliphatic heterocycles. The van der Waals surface area contributed by atoms with Crippen molar-refractivity contribution in [3.05, 3.63) is 68.9 Å². The maximum Gasteiger partial charge on any atom is 0.261 e. The highest BCUT2D eigenvalue weighted by Crippen LogP contribution is 2.23. The van der Waals surface area contributed by atoms with Crippen LogP contribution in [-0.2, 0) is 24.2 Å². The topological polar surface area (TPSA) is 82.3 Å². The minimum Gasteiger partial charge on any atom is -0.352 e. The Hall–Kier alpha value is -2.96. The molecule has 0 saturated carbocycles. The van der Waals surface area contributed by atoms with Crippen LogP contribution in [0.1, 0.15) is 65.7 Å². The number of carbonyl (C=O) groups is 2. The first-order valence-electron chi connectivity index (χ1n) is 11.6. The lowest BCUT2D eigenvalue weighted by atomic mass is 9.92. The van der Waals surface area contributed by atoms with Crippen LogP contribution in [0.2, 0.25) is 0 Å². The van der Waals surface area contributed by atoms with Gasteiger partial charge in [-0.25, -0.2) is 4.39 Å². The van der Waals surface area contributed by atoms with Crippen molar-refractivity contribution in [3.8, 4) is 0 Å². The molecule has 32 heavy (non-hydrogen) atoms. The van der Waals surface area contributed by atoms with Crippen LogP contribution in [0.15, 0.2) is 35.1 Å². The Morgan fingerprint density at radius 2 is 1.97 bits per heavy atom. The summed E-state index contributed by atoms with van der Waals surface area (Å²) in [5.41, 5.74) is 2.44. The number of rotatable bonds is 6. The van der Waals surface area contributed by atoms with E-state index in [0.717, 1.165) is 49.8 Å². The summed E-state index contributed by atoms with van der Waals surface area (Å²) in [6, 6.07) is 8.18. The number of likely N-dealkylation sites (tertiary alicyclic amines) is 1. The maximum absolute atomic E-state index is 13.7. The van der Waals surface area contributed by atoms with Crippen molar-refractivity contribution in [1.29, 1.82) is 0 Å². The Labute approximate surface area is 187 Å². The van der Waals surface area contributed by atoms with Crippen molar-refractivity contribution in [2.75, 3.05) is 13.1 Å². The van der Waals surface area contributed by atoms with E-state index in [9.17, 15) is 18.8 Å². The van der Waals surface area contributed by atoms with Crippen molar-refractivity contribution in [2.24, 2.45) is 5.92 Å². The van der Waals surface area contributed by atoms with Crippen molar-refractivity contribution < 1.29 is 14.0 Å². The highest BCUT2D eigenvalue weighted by atomic mass is 19.1. The standard InChI is InChI=1S/C25H30FN3O3/c26-21-9-3-1-8-19(21)15-27-23(30)12-11-17-6-5-13-29(16-17)25(32)20-14-18-7-2-4-10-22(18)28-24(20)31/h1,3,8-9,14,17H,2,4-7,10-13,15-16H2,(H,27,30)(H,28,31). The molecule has 1 fully saturated rings. The molecule has 1 saturated heterocycles. The SMILES string of the molecule is O=C(CCC1CCCN(C(=O)c2cc3c([nH]c2=O)CCCC3)C1)NCc1ccccc1F. The van der Waals surface area contributed by atoms with E-state index in [-0.39, 0.29) is 41.2 Å². The van der Waals surface area contributed by atoms with Gasteiger partial charge in [0.1, 0.15) is 11.4 Å². The van der Waals surface area contributed by atoms with E-state index in [2.05, 4.69) is 10.3 Å². The number of hydrogen-bond acceptors (Lipinski definition) is 3. The van der Waals surface area contributed by atoms with Gasteiger partial charge in [0.25, 0.3) is 11.5 Å². The number of nitrogens with zero attached hydrogens (tertiary/aromatic N) is 1. The van der Waals surface area contributed by atoms with E-state index in [4.69, 9.17) is 0 Å². The van der Waals surface area contributed by atoms with Crippen LogP contribution < -0.4 is 10.9 Å². The fourth-order valence-electron chi connectivity index (χ4n) is 4.75. The number of carbonyl (C=O) groups excluding carboxylic acids is 2. The fourth-order valence-corrected chi connectivity index (χ4v) is 4.75. The van der Waals surface area contributed by atoms with Gasteiger partial charge in [-0.1, -0.05) is 18.2 Å². The lowest BCUT2D eigenvalue weighted by Gasteiger charge is -2.33. The molecular formula is C25H30FN3O3. The van der Waals surface area contributed by atoms with Crippen molar-refractivity contribution in [1.82, 2.24) is 15.2 Å². The number of halogens is 1. The molecule has 2 aliphatic rings. The molecule has 2 amide bonds. The first-order chi connectivity index (χ1) is 15.5. The largest absolute Gasteiger partial charge is 0.352 e. The number of fused-ring (bicyclic) bond motifs is 1. The van der Waals surface area contributed by atoms with E-state index in [1.807, 2.05) is 0 Å². The van der Waals surface area contributed by atoms with Crippen LogP contribution in [0.25, 0.3) is 0 Å². The maximum atomic E-state index is 13.7. The number of benzene rings is 1. The van der Waals surface area contributed by atoms with Gasteiger partial charge in [0.2, 0.25) is 5.91 Å². The smallest absolute Gasteiger partial charge is 0.261 e. The molecule has 0 radical (unpaired) electrons. The van der Waals surface area contributed by atoms with E-state index in [1.165, 1.54) is 6.07 Å². The third-order valence-electron chi connectivity index (χ3n) is 6.59. The molecule has 1 aliphatic carbocycles. The van der Waals surface area contributed by atoms with Gasteiger partial charge in [-0.05, 0) is 68.6 Å². The highest BCUT2D eigenvalue weighted by Gasteiger charge is 2.27. The average Bonchev–Trinajstić information content (AvgIpc) is 2.81. The Bertz CT molecular complexity index is 1050. The number of H-pyrrole nitrogens is 1. The summed E-state index contributed by atoms with van der Waals surface area (Å²) in [7, 11) is 0. The van der Waals surface area contributed by atoms with Crippen LogP contribution >= 0.6 is 0 Å².